The van der Waals surface area contributed by atoms with E-state index in [1.807, 2.05) is 53.4 Å². The van der Waals surface area contributed by atoms with Crippen molar-refractivity contribution in [3.05, 3.63) is 70.9 Å². The summed E-state index contributed by atoms with van der Waals surface area (Å²) in [7, 11) is 0. The van der Waals surface area contributed by atoms with Crippen LogP contribution in [0.25, 0.3) is 44.0 Å². The van der Waals surface area contributed by atoms with E-state index >= 15 is 0 Å². The lowest BCUT2D eigenvalue weighted by atomic mass is 9.99. The maximum atomic E-state index is 12.9. The van der Waals surface area contributed by atoms with Gasteiger partial charge in [-0.3, -0.25) is 4.79 Å². The van der Waals surface area contributed by atoms with Gasteiger partial charge < -0.3 is 24.2 Å². The highest BCUT2D eigenvalue weighted by Crippen LogP contribution is 2.41. The number of morpholine rings is 1. The van der Waals surface area contributed by atoms with Crippen LogP contribution >= 0.6 is 0 Å². The second-order valence-corrected chi connectivity index (χ2v) is 7.74. The number of nitrogen functional groups attached to an aromatic ring is 1. The van der Waals surface area contributed by atoms with Crippen molar-refractivity contribution in [3.8, 4) is 11.1 Å². The monoisotopic (exact) mass is 412 g/mol. The van der Waals surface area contributed by atoms with Crippen LogP contribution < -0.4 is 16.1 Å². The summed E-state index contributed by atoms with van der Waals surface area (Å²) >= 11 is 0. The van der Waals surface area contributed by atoms with Crippen molar-refractivity contribution in [1.29, 1.82) is 0 Å². The quantitative estimate of drug-likeness (QED) is 0.420. The van der Waals surface area contributed by atoms with Gasteiger partial charge in [0.2, 0.25) is 0 Å². The highest BCUT2D eigenvalue weighted by Gasteiger charge is 2.20. The minimum Gasteiger partial charge on any atom is -0.455 e. The summed E-state index contributed by atoms with van der Waals surface area (Å²) in [5.74, 6) is 0.560. The fourth-order valence-electron chi connectivity index (χ4n) is 4.38. The minimum absolute atomic E-state index is 0.0686. The summed E-state index contributed by atoms with van der Waals surface area (Å²) in [6, 6.07) is 18.8. The molecule has 0 spiro atoms. The summed E-state index contributed by atoms with van der Waals surface area (Å²) < 4.78 is 18.0. The van der Waals surface area contributed by atoms with Crippen molar-refractivity contribution >= 4 is 44.5 Å². The molecule has 6 nitrogen and oxygen atoms in total. The van der Waals surface area contributed by atoms with Gasteiger partial charge in [0.05, 0.1) is 24.0 Å². The first-order valence-electron chi connectivity index (χ1n) is 10.3. The van der Waals surface area contributed by atoms with Gasteiger partial charge in [0.1, 0.15) is 16.7 Å². The van der Waals surface area contributed by atoms with E-state index in [2.05, 4.69) is 0 Å². The summed E-state index contributed by atoms with van der Waals surface area (Å²) in [6.07, 6.45) is 0. The van der Waals surface area contributed by atoms with Crippen LogP contribution in [0.2, 0.25) is 0 Å². The lowest BCUT2D eigenvalue weighted by molar-refractivity contribution is 0.121. The van der Waals surface area contributed by atoms with E-state index in [9.17, 15) is 4.79 Å². The van der Waals surface area contributed by atoms with E-state index < -0.39 is 0 Å². The van der Waals surface area contributed by atoms with Gasteiger partial charge in [-0.1, -0.05) is 30.3 Å². The zero-order valence-corrected chi connectivity index (χ0v) is 16.8. The maximum absolute atomic E-state index is 12.9. The third kappa shape index (κ3) is 2.79. The topological polar surface area (TPSA) is 81.8 Å². The Kier molecular flexibility index (Phi) is 4.01. The third-order valence-electron chi connectivity index (χ3n) is 5.91. The van der Waals surface area contributed by atoms with Crippen LogP contribution in [0, 0.1) is 0 Å². The number of anilines is 2. The number of para-hydroxylation sites is 2. The Hall–Kier alpha value is -3.77. The van der Waals surface area contributed by atoms with Crippen molar-refractivity contribution in [1.82, 2.24) is 0 Å². The molecule has 3 aromatic carbocycles. The molecule has 2 N–H and O–H groups in total. The second kappa shape index (κ2) is 6.89. The molecule has 6 heteroatoms. The summed E-state index contributed by atoms with van der Waals surface area (Å²) in [5.41, 5.74) is 10.5. The fraction of sp³-hybridized carbons (Fsp3) is 0.160. The van der Waals surface area contributed by atoms with E-state index in [4.69, 9.17) is 19.3 Å². The number of benzene rings is 3. The summed E-state index contributed by atoms with van der Waals surface area (Å²) in [6.45, 7) is 2.60. The van der Waals surface area contributed by atoms with Crippen LogP contribution in [-0.4, -0.2) is 26.3 Å². The highest BCUT2D eigenvalue weighted by molar-refractivity contribution is 6.16. The van der Waals surface area contributed by atoms with Gasteiger partial charge in [0, 0.05) is 41.4 Å². The van der Waals surface area contributed by atoms with Gasteiger partial charge in [-0.15, -0.1) is 0 Å². The fourth-order valence-corrected chi connectivity index (χ4v) is 4.38. The molecule has 0 atom stereocenters. The maximum Gasteiger partial charge on any atom is 0.200 e. The molecule has 0 aliphatic carbocycles. The van der Waals surface area contributed by atoms with Gasteiger partial charge in [0.15, 0.2) is 11.3 Å². The van der Waals surface area contributed by atoms with Crippen molar-refractivity contribution in [2.24, 2.45) is 0 Å². The van der Waals surface area contributed by atoms with Crippen molar-refractivity contribution in [3.63, 3.8) is 0 Å². The zero-order chi connectivity index (χ0) is 20.9. The van der Waals surface area contributed by atoms with Crippen LogP contribution in [0.5, 0.6) is 0 Å². The molecule has 31 heavy (non-hydrogen) atoms. The molecule has 1 aliphatic heterocycles. The van der Waals surface area contributed by atoms with Gasteiger partial charge >= 0.3 is 0 Å². The van der Waals surface area contributed by atoms with E-state index in [1.54, 1.807) is 12.1 Å². The number of rotatable bonds is 2. The van der Waals surface area contributed by atoms with E-state index in [-0.39, 0.29) is 5.43 Å². The van der Waals surface area contributed by atoms with E-state index in [1.165, 1.54) is 0 Å². The lowest BCUT2D eigenvalue weighted by Crippen LogP contribution is -2.36. The largest absolute Gasteiger partial charge is 0.455 e. The SMILES string of the molecule is Nc1ccc(-c2cccc3c(=O)cc(N4CCOCC4)oc23)c2oc3ccccc3c12. The number of nitrogens with two attached hydrogens (primary N) is 1. The number of fused-ring (bicyclic) bond motifs is 4. The molecule has 2 aromatic heterocycles. The first kappa shape index (κ1) is 18.0. The third-order valence-corrected chi connectivity index (χ3v) is 5.91. The molecule has 0 unspecified atom stereocenters. The Balaban J connectivity index is 1.65. The second-order valence-electron chi connectivity index (χ2n) is 7.74. The van der Waals surface area contributed by atoms with E-state index in [0.29, 0.717) is 54.4 Å². The Bertz CT molecular complexity index is 1510. The summed E-state index contributed by atoms with van der Waals surface area (Å²) in [4.78, 5) is 15.0. The Labute approximate surface area is 177 Å². The molecule has 154 valence electrons. The standard InChI is InChI=1S/C25H20N2O4/c26-19-9-8-16(25-23(19)18-4-1-2-7-21(18)30-25)15-5-3-6-17-20(28)14-22(31-24(15)17)27-10-12-29-13-11-27/h1-9,14H,10-13,26H2. The summed E-state index contributed by atoms with van der Waals surface area (Å²) in [5, 5.41) is 2.37. The predicted octanol–water partition coefficient (Wildman–Crippen LogP) is 4.78. The number of furan rings is 1. The van der Waals surface area contributed by atoms with Crippen LogP contribution in [0.3, 0.4) is 0 Å². The number of hydrogen-bond acceptors (Lipinski definition) is 6. The van der Waals surface area contributed by atoms with Gasteiger partial charge in [-0.05, 0) is 24.3 Å². The van der Waals surface area contributed by atoms with Crippen LogP contribution in [0.15, 0.2) is 74.3 Å². The molecule has 3 heterocycles. The van der Waals surface area contributed by atoms with Crippen LogP contribution in [-0.2, 0) is 4.74 Å². The Morgan fingerprint density at radius 1 is 0.806 bits per heavy atom. The first-order chi connectivity index (χ1) is 15.2. The Morgan fingerprint density at radius 3 is 2.45 bits per heavy atom. The van der Waals surface area contributed by atoms with Crippen LogP contribution in [0.1, 0.15) is 0 Å². The zero-order valence-electron chi connectivity index (χ0n) is 16.8. The number of ether oxygens (including phenoxy) is 1. The normalized spacial score (nSPS) is 14.6. The molecule has 1 fully saturated rings. The minimum atomic E-state index is -0.0686. The molecule has 1 aliphatic rings. The molecule has 0 radical (unpaired) electrons. The molecule has 1 saturated heterocycles. The smallest absolute Gasteiger partial charge is 0.200 e. The molecule has 0 bridgehead atoms. The van der Waals surface area contributed by atoms with Crippen molar-refractivity contribution in [2.75, 3.05) is 36.9 Å². The first-order valence-corrected chi connectivity index (χ1v) is 10.3. The van der Waals surface area contributed by atoms with Gasteiger partial charge in [0.25, 0.3) is 0 Å². The van der Waals surface area contributed by atoms with Crippen molar-refractivity contribution < 1.29 is 13.6 Å². The molecular formula is C25H20N2O4. The molecule has 5 aromatic rings. The number of hydrogen-bond donors (Lipinski definition) is 1. The van der Waals surface area contributed by atoms with Crippen LogP contribution in [0.4, 0.5) is 11.6 Å². The van der Waals surface area contributed by atoms with Gasteiger partial charge in [-0.25, -0.2) is 0 Å². The number of nitrogens with zero attached hydrogens (tertiary/aromatic N) is 1. The van der Waals surface area contributed by atoms with E-state index in [0.717, 1.165) is 27.5 Å². The average molecular weight is 412 g/mol. The average Bonchev–Trinajstić information content (AvgIpc) is 3.20. The molecular weight excluding hydrogens is 392 g/mol. The molecule has 0 amide bonds. The lowest BCUT2D eigenvalue weighted by Gasteiger charge is -2.27. The van der Waals surface area contributed by atoms with Gasteiger partial charge in [-0.2, -0.15) is 0 Å². The molecule has 0 saturated carbocycles. The predicted molar refractivity (Wildman–Crippen MR) is 123 cm³/mol. The Morgan fingerprint density at radius 2 is 1.58 bits per heavy atom. The molecule has 6 rings (SSSR count). The van der Waals surface area contributed by atoms with Crippen molar-refractivity contribution in [2.45, 2.75) is 0 Å². The highest BCUT2D eigenvalue weighted by atomic mass is 16.5.